The molecule has 0 aliphatic carbocycles. The van der Waals surface area contributed by atoms with E-state index in [9.17, 15) is 9.18 Å². The fourth-order valence-corrected chi connectivity index (χ4v) is 1.91. The van der Waals surface area contributed by atoms with E-state index < -0.39 is 0 Å². The summed E-state index contributed by atoms with van der Waals surface area (Å²) in [4.78, 5) is 12.1. The van der Waals surface area contributed by atoms with Gasteiger partial charge in [-0.15, -0.1) is 0 Å². The van der Waals surface area contributed by atoms with Crippen molar-refractivity contribution in [1.82, 2.24) is 0 Å². The summed E-state index contributed by atoms with van der Waals surface area (Å²) in [5.41, 5.74) is 2.46. The molecular weight excluding hydrogens is 243 g/mol. The Hall–Kier alpha value is -2.36. The number of para-hydroxylation sites is 1. The maximum atomic E-state index is 13.3. The molecule has 0 unspecified atom stereocenters. The molecule has 3 nitrogen and oxygen atoms in total. The zero-order valence-electron chi connectivity index (χ0n) is 10.8. The number of benzene rings is 2. The first kappa shape index (κ1) is 13.1. The third kappa shape index (κ3) is 3.10. The molecule has 0 saturated heterocycles. The normalized spacial score (nSPS) is 10.1. The summed E-state index contributed by atoms with van der Waals surface area (Å²) in [6, 6.07) is 11.6. The first-order valence-corrected chi connectivity index (χ1v) is 5.95. The molecule has 2 N–H and O–H groups in total. The van der Waals surface area contributed by atoms with Gasteiger partial charge in [0.15, 0.2) is 0 Å². The SMILES string of the molecule is CNc1ccccc1C(=O)Nc1cc(C)cc(F)c1. The minimum Gasteiger partial charge on any atom is -0.387 e. The number of hydrogen-bond acceptors (Lipinski definition) is 2. The number of nitrogens with one attached hydrogen (secondary N) is 2. The second-order valence-electron chi connectivity index (χ2n) is 4.27. The lowest BCUT2D eigenvalue weighted by Crippen LogP contribution is -2.14. The lowest BCUT2D eigenvalue weighted by atomic mass is 10.1. The Kier molecular flexibility index (Phi) is 3.80. The van der Waals surface area contributed by atoms with Crippen LogP contribution in [0.1, 0.15) is 15.9 Å². The van der Waals surface area contributed by atoms with Gasteiger partial charge < -0.3 is 10.6 Å². The van der Waals surface area contributed by atoms with Crippen molar-refractivity contribution in [2.45, 2.75) is 6.92 Å². The van der Waals surface area contributed by atoms with E-state index in [1.165, 1.54) is 12.1 Å². The molecule has 1 amide bonds. The van der Waals surface area contributed by atoms with Gasteiger partial charge in [-0.05, 0) is 42.8 Å². The van der Waals surface area contributed by atoms with Crippen LogP contribution in [0.3, 0.4) is 0 Å². The van der Waals surface area contributed by atoms with Crippen molar-refractivity contribution in [3.05, 3.63) is 59.4 Å². The van der Waals surface area contributed by atoms with E-state index in [2.05, 4.69) is 10.6 Å². The smallest absolute Gasteiger partial charge is 0.257 e. The molecule has 0 aromatic heterocycles. The van der Waals surface area contributed by atoms with Gasteiger partial charge in [-0.3, -0.25) is 4.79 Å². The van der Waals surface area contributed by atoms with Gasteiger partial charge in [-0.25, -0.2) is 4.39 Å². The second kappa shape index (κ2) is 5.52. The van der Waals surface area contributed by atoms with E-state index >= 15 is 0 Å². The maximum absolute atomic E-state index is 13.3. The van der Waals surface area contributed by atoms with Crippen molar-refractivity contribution in [3.63, 3.8) is 0 Å². The van der Waals surface area contributed by atoms with Gasteiger partial charge in [0.2, 0.25) is 0 Å². The van der Waals surface area contributed by atoms with Crippen molar-refractivity contribution in [1.29, 1.82) is 0 Å². The van der Waals surface area contributed by atoms with Crippen molar-refractivity contribution in [3.8, 4) is 0 Å². The number of aryl methyl sites for hydroxylation is 1. The standard InChI is InChI=1S/C15H15FN2O/c1-10-7-11(16)9-12(8-10)18-15(19)13-5-3-4-6-14(13)17-2/h3-9,17H,1-2H3,(H,18,19). The minimum absolute atomic E-state index is 0.269. The van der Waals surface area contributed by atoms with Crippen molar-refractivity contribution in [2.24, 2.45) is 0 Å². The summed E-state index contributed by atoms with van der Waals surface area (Å²) in [5.74, 6) is -0.632. The van der Waals surface area contributed by atoms with Gasteiger partial charge in [-0.1, -0.05) is 12.1 Å². The predicted octanol–water partition coefficient (Wildman–Crippen LogP) is 3.43. The molecule has 0 bridgehead atoms. The molecule has 0 aliphatic rings. The predicted molar refractivity (Wildman–Crippen MR) is 75.1 cm³/mol. The van der Waals surface area contributed by atoms with Crippen LogP contribution >= 0.6 is 0 Å². The quantitative estimate of drug-likeness (QED) is 0.885. The highest BCUT2D eigenvalue weighted by molar-refractivity contribution is 6.08. The van der Waals surface area contributed by atoms with Gasteiger partial charge in [0, 0.05) is 18.4 Å². The maximum Gasteiger partial charge on any atom is 0.257 e. The molecule has 0 atom stereocenters. The fraction of sp³-hybridized carbons (Fsp3) is 0.133. The number of amides is 1. The molecule has 0 aliphatic heterocycles. The average molecular weight is 258 g/mol. The monoisotopic (exact) mass is 258 g/mol. The molecular formula is C15H15FN2O. The summed E-state index contributed by atoms with van der Waals surface area (Å²) in [5, 5.41) is 5.65. The highest BCUT2D eigenvalue weighted by Gasteiger charge is 2.10. The number of rotatable bonds is 3. The molecule has 0 radical (unpaired) electrons. The summed E-state index contributed by atoms with van der Waals surface area (Å²) in [6.07, 6.45) is 0. The molecule has 0 fully saturated rings. The number of halogens is 1. The molecule has 98 valence electrons. The minimum atomic E-state index is -0.364. The van der Waals surface area contributed by atoms with Crippen LogP contribution in [-0.4, -0.2) is 13.0 Å². The van der Waals surface area contributed by atoms with E-state index in [1.54, 1.807) is 32.2 Å². The highest BCUT2D eigenvalue weighted by atomic mass is 19.1. The van der Waals surface area contributed by atoms with E-state index in [0.29, 0.717) is 11.3 Å². The lowest BCUT2D eigenvalue weighted by molar-refractivity contribution is 0.102. The van der Waals surface area contributed by atoms with Crippen LogP contribution in [0.2, 0.25) is 0 Å². The highest BCUT2D eigenvalue weighted by Crippen LogP contribution is 2.18. The Morgan fingerprint density at radius 1 is 1.16 bits per heavy atom. The Bertz CT molecular complexity index is 591. The van der Waals surface area contributed by atoms with Crippen LogP contribution in [-0.2, 0) is 0 Å². The first-order valence-electron chi connectivity index (χ1n) is 5.95. The summed E-state index contributed by atoms with van der Waals surface area (Å²) < 4.78 is 13.3. The zero-order chi connectivity index (χ0) is 13.8. The largest absolute Gasteiger partial charge is 0.387 e. The third-order valence-corrected chi connectivity index (χ3v) is 2.74. The Labute approximate surface area is 111 Å². The zero-order valence-corrected chi connectivity index (χ0v) is 10.8. The molecule has 19 heavy (non-hydrogen) atoms. The third-order valence-electron chi connectivity index (χ3n) is 2.74. The van der Waals surface area contributed by atoms with Crippen LogP contribution < -0.4 is 10.6 Å². The van der Waals surface area contributed by atoms with Gasteiger partial charge in [0.1, 0.15) is 5.82 Å². The van der Waals surface area contributed by atoms with Crippen LogP contribution in [0.15, 0.2) is 42.5 Å². The molecule has 2 rings (SSSR count). The lowest BCUT2D eigenvalue weighted by Gasteiger charge is -2.10. The second-order valence-corrected chi connectivity index (χ2v) is 4.27. The number of anilines is 2. The topological polar surface area (TPSA) is 41.1 Å². The first-order chi connectivity index (χ1) is 9.10. The summed E-state index contributed by atoms with van der Waals surface area (Å²) in [7, 11) is 1.75. The van der Waals surface area contributed by atoms with Crippen LogP contribution in [0.5, 0.6) is 0 Å². The van der Waals surface area contributed by atoms with Crippen molar-refractivity contribution >= 4 is 17.3 Å². The Morgan fingerprint density at radius 3 is 2.58 bits per heavy atom. The fourth-order valence-electron chi connectivity index (χ4n) is 1.91. The van der Waals surface area contributed by atoms with Gasteiger partial charge in [0.05, 0.1) is 5.56 Å². The van der Waals surface area contributed by atoms with Gasteiger partial charge in [-0.2, -0.15) is 0 Å². The van der Waals surface area contributed by atoms with Gasteiger partial charge in [0.25, 0.3) is 5.91 Å². The Balaban J connectivity index is 2.25. The van der Waals surface area contributed by atoms with Crippen LogP contribution in [0.25, 0.3) is 0 Å². The van der Waals surface area contributed by atoms with E-state index in [4.69, 9.17) is 0 Å². The van der Waals surface area contributed by atoms with Gasteiger partial charge >= 0.3 is 0 Å². The summed E-state index contributed by atoms with van der Waals surface area (Å²) >= 11 is 0. The molecule has 0 spiro atoms. The Morgan fingerprint density at radius 2 is 1.89 bits per heavy atom. The van der Waals surface area contributed by atoms with E-state index in [0.717, 1.165) is 11.3 Å². The van der Waals surface area contributed by atoms with E-state index in [-0.39, 0.29) is 11.7 Å². The van der Waals surface area contributed by atoms with Crippen LogP contribution in [0.4, 0.5) is 15.8 Å². The van der Waals surface area contributed by atoms with Crippen LogP contribution in [0, 0.1) is 12.7 Å². The molecule has 2 aromatic rings. The molecule has 4 heteroatoms. The summed E-state index contributed by atoms with van der Waals surface area (Å²) in [6.45, 7) is 1.78. The molecule has 0 saturated carbocycles. The van der Waals surface area contributed by atoms with Crippen molar-refractivity contribution in [2.75, 3.05) is 17.7 Å². The van der Waals surface area contributed by atoms with E-state index in [1.807, 2.05) is 12.1 Å². The van der Waals surface area contributed by atoms with Crippen molar-refractivity contribution < 1.29 is 9.18 Å². The number of carbonyl (C=O) groups excluding carboxylic acids is 1. The molecule has 0 heterocycles. The average Bonchev–Trinajstić information content (AvgIpc) is 2.37. The number of carbonyl (C=O) groups is 1. The number of hydrogen-bond donors (Lipinski definition) is 2. The molecule has 2 aromatic carbocycles.